The number of primary amides is 1. The van der Waals surface area contributed by atoms with Crippen LogP contribution in [0.1, 0.15) is 58.3 Å². The van der Waals surface area contributed by atoms with Gasteiger partial charge in [0.25, 0.3) is 0 Å². The van der Waals surface area contributed by atoms with E-state index >= 15 is 0 Å². The molecule has 0 spiro atoms. The summed E-state index contributed by atoms with van der Waals surface area (Å²) in [6.45, 7) is 2.21. The maximum absolute atomic E-state index is 12.4. The van der Waals surface area contributed by atoms with Gasteiger partial charge in [0, 0.05) is 13.0 Å². The molecule has 0 radical (unpaired) electrons. The van der Waals surface area contributed by atoms with Gasteiger partial charge in [-0.1, -0.05) is 45.4 Å². The number of nitrogens with one attached hydrogen (secondary N) is 1. The lowest BCUT2D eigenvalue weighted by Crippen LogP contribution is -2.49. The van der Waals surface area contributed by atoms with Crippen molar-refractivity contribution in [1.82, 2.24) is 5.32 Å². The molecule has 1 fully saturated rings. The van der Waals surface area contributed by atoms with E-state index in [0.717, 1.165) is 19.3 Å². The molecule has 0 aromatic carbocycles. The summed E-state index contributed by atoms with van der Waals surface area (Å²) in [6, 6.07) is -0.729. The largest absolute Gasteiger partial charge is 0.382 e. The fourth-order valence-corrected chi connectivity index (χ4v) is 3.18. The predicted molar refractivity (Wildman–Crippen MR) is 82.6 cm³/mol. The summed E-state index contributed by atoms with van der Waals surface area (Å²) in [5.41, 5.74) is 5.30. The van der Waals surface area contributed by atoms with E-state index in [9.17, 15) is 9.59 Å². The van der Waals surface area contributed by atoms with Gasteiger partial charge < -0.3 is 15.8 Å². The zero-order valence-electron chi connectivity index (χ0n) is 13.4. The second-order valence-corrected chi connectivity index (χ2v) is 6.14. The van der Waals surface area contributed by atoms with E-state index in [0.29, 0.717) is 5.92 Å². The van der Waals surface area contributed by atoms with E-state index in [2.05, 4.69) is 12.2 Å². The van der Waals surface area contributed by atoms with Gasteiger partial charge in [0.15, 0.2) is 0 Å². The van der Waals surface area contributed by atoms with Crippen molar-refractivity contribution in [2.45, 2.75) is 64.3 Å². The fourth-order valence-electron chi connectivity index (χ4n) is 3.18. The van der Waals surface area contributed by atoms with Crippen molar-refractivity contribution in [3.8, 4) is 0 Å². The molecule has 2 amide bonds. The van der Waals surface area contributed by atoms with Crippen LogP contribution in [0.2, 0.25) is 0 Å². The Kier molecular flexibility index (Phi) is 8.35. The van der Waals surface area contributed by atoms with E-state index in [1.54, 1.807) is 0 Å². The molecule has 0 heterocycles. The van der Waals surface area contributed by atoms with Crippen LogP contribution in [0.3, 0.4) is 0 Å². The monoisotopic (exact) mass is 298 g/mol. The highest BCUT2D eigenvalue weighted by atomic mass is 16.5. The minimum atomic E-state index is -0.729. The smallest absolute Gasteiger partial charge is 0.242 e. The Hall–Kier alpha value is -1.10. The molecule has 21 heavy (non-hydrogen) atoms. The zero-order chi connectivity index (χ0) is 15.7. The first-order valence-electron chi connectivity index (χ1n) is 8.17. The number of ether oxygens (including phenoxy) is 1. The maximum atomic E-state index is 12.4. The SMILES string of the molecule is CCC[C@@H](CC1CCCCC1)C(=O)N[C@@H](COC)C(N)=O. The quantitative estimate of drug-likeness (QED) is 0.683. The summed E-state index contributed by atoms with van der Waals surface area (Å²) in [6.07, 6.45) is 9.08. The third-order valence-electron chi connectivity index (χ3n) is 4.34. The minimum Gasteiger partial charge on any atom is -0.382 e. The molecular weight excluding hydrogens is 268 g/mol. The van der Waals surface area contributed by atoms with Crippen molar-refractivity contribution in [2.75, 3.05) is 13.7 Å². The molecule has 0 aliphatic heterocycles. The lowest BCUT2D eigenvalue weighted by atomic mass is 9.81. The number of methoxy groups -OCH3 is 1. The second-order valence-electron chi connectivity index (χ2n) is 6.14. The van der Waals surface area contributed by atoms with Gasteiger partial charge in [-0.25, -0.2) is 0 Å². The van der Waals surface area contributed by atoms with Gasteiger partial charge in [0.05, 0.1) is 6.61 Å². The Labute approximate surface area is 128 Å². The molecule has 3 N–H and O–H groups in total. The van der Waals surface area contributed by atoms with Crippen molar-refractivity contribution in [2.24, 2.45) is 17.6 Å². The van der Waals surface area contributed by atoms with Crippen LogP contribution in [0.15, 0.2) is 0 Å². The van der Waals surface area contributed by atoms with Crippen LogP contribution in [0, 0.1) is 11.8 Å². The molecule has 2 atom stereocenters. The number of carbonyl (C=O) groups is 2. The van der Waals surface area contributed by atoms with Gasteiger partial charge >= 0.3 is 0 Å². The molecule has 5 nitrogen and oxygen atoms in total. The molecule has 1 rings (SSSR count). The average molecular weight is 298 g/mol. The maximum Gasteiger partial charge on any atom is 0.242 e. The predicted octanol–water partition coefficient (Wildman–Crippen LogP) is 1.99. The highest BCUT2D eigenvalue weighted by molar-refractivity contribution is 5.87. The van der Waals surface area contributed by atoms with Gasteiger partial charge in [-0.3, -0.25) is 9.59 Å². The fraction of sp³-hybridized carbons (Fsp3) is 0.875. The zero-order valence-corrected chi connectivity index (χ0v) is 13.4. The Morgan fingerprint density at radius 2 is 1.95 bits per heavy atom. The molecule has 0 unspecified atom stereocenters. The van der Waals surface area contributed by atoms with Crippen molar-refractivity contribution in [3.63, 3.8) is 0 Å². The number of carbonyl (C=O) groups excluding carboxylic acids is 2. The first-order chi connectivity index (χ1) is 10.1. The molecule has 122 valence electrons. The van der Waals surface area contributed by atoms with Crippen molar-refractivity contribution >= 4 is 11.8 Å². The molecule has 1 aliphatic rings. The van der Waals surface area contributed by atoms with Crippen LogP contribution in [0.25, 0.3) is 0 Å². The van der Waals surface area contributed by atoms with Crippen LogP contribution >= 0.6 is 0 Å². The first-order valence-corrected chi connectivity index (χ1v) is 8.17. The van der Waals surface area contributed by atoms with E-state index in [4.69, 9.17) is 10.5 Å². The van der Waals surface area contributed by atoms with E-state index < -0.39 is 11.9 Å². The summed E-state index contributed by atoms with van der Waals surface area (Å²) in [5.74, 6) is 0.0358. The summed E-state index contributed by atoms with van der Waals surface area (Å²) in [5, 5.41) is 2.75. The number of hydrogen-bond donors (Lipinski definition) is 2. The Bertz CT molecular complexity index is 327. The van der Waals surface area contributed by atoms with Crippen LogP contribution in [0.5, 0.6) is 0 Å². The second kappa shape index (κ2) is 9.77. The Balaban J connectivity index is 2.56. The minimum absolute atomic E-state index is 0.0168. The van der Waals surface area contributed by atoms with E-state index in [1.165, 1.54) is 39.2 Å². The lowest BCUT2D eigenvalue weighted by Gasteiger charge is -2.27. The van der Waals surface area contributed by atoms with Crippen molar-refractivity contribution in [3.05, 3.63) is 0 Å². The van der Waals surface area contributed by atoms with Gasteiger partial charge in [-0.15, -0.1) is 0 Å². The number of rotatable bonds is 9. The summed E-state index contributed by atoms with van der Waals surface area (Å²) in [4.78, 5) is 23.7. The van der Waals surface area contributed by atoms with Gasteiger partial charge in [0.1, 0.15) is 6.04 Å². The van der Waals surface area contributed by atoms with Crippen LogP contribution in [-0.4, -0.2) is 31.6 Å². The standard InChI is InChI=1S/C16H30N2O3/c1-3-7-13(10-12-8-5-4-6-9-12)16(20)18-14(11-21-2)15(17)19/h12-14H,3-11H2,1-2H3,(H2,17,19)(H,18,20)/t13-,14-/m0/s1. The molecule has 5 heteroatoms. The van der Waals surface area contributed by atoms with Gasteiger partial charge in [0.2, 0.25) is 11.8 Å². The van der Waals surface area contributed by atoms with Crippen molar-refractivity contribution in [1.29, 1.82) is 0 Å². The first kappa shape index (κ1) is 18.0. The van der Waals surface area contributed by atoms with Gasteiger partial charge in [-0.05, 0) is 18.8 Å². The Morgan fingerprint density at radius 1 is 1.29 bits per heavy atom. The third kappa shape index (κ3) is 6.46. The topological polar surface area (TPSA) is 81.4 Å². The van der Waals surface area contributed by atoms with Crippen LogP contribution in [-0.2, 0) is 14.3 Å². The summed E-state index contributed by atoms with van der Waals surface area (Å²) in [7, 11) is 1.49. The van der Waals surface area contributed by atoms with Crippen molar-refractivity contribution < 1.29 is 14.3 Å². The molecule has 0 aromatic heterocycles. The summed E-state index contributed by atoms with van der Waals surface area (Å²) < 4.78 is 4.94. The number of nitrogens with two attached hydrogens (primary N) is 1. The summed E-state index contributed by atoms with van der Waals surface area (Å²) >= 11 is 0. The number of amides is 2. The highest BCUT2D eigenvalue weighted by Crippen LogP contribution is 2.30. The highest BCUT2D eigenvalue weighted by Gasteiger charge is 2.26. The normalized spacial score (nSPS) is 19.0. The van der Waals surface area contributed by atoms with Crippen LogP contribution < -0.4 is 11.1 Å². The van der Waals surface area contributed by atoms with Crippen LogP contribution in [0.4, 0.5) is 0 Å². The molecule has 0 aromatic rings. The van der Waals surface area contributed by atoms with E-state index in [-0.39, 0.29) is 18.4 Å². The Morgan fingerprint density at radius 3 is 2.48 bits per heavy atom. The average Bonchev–Trinajstić information content (AvgIpc) is 2.47. The number of hydrogen-bond acceptors (Lipinski definition) is 3. The van der Waals surface area contributed by atoms with E-state index in [1.807, 2.05) is 0 Å². The molecule has 0 bridgehead atoms. The molecule has 0 saturated heterocycles. The molecule has 1 aliphatic carbocycles. The third-order valence-corrected chi connectivity index (χ3v) is 4.34. The molecule has 1 saturated carbocycles. The van der Waals surface area contributed by atoms with Gasteiger partial charge in [-0.2, -0.15) is 0 Å². The lowest BCUT2D eigenvalue weighted by molar-refractivity contribution is -0.131. The molecular formula is C16H30N2O3.